The molecule has 2 heterocycles. The summed E-state index contributed by atoms with van der Waals surface area (Å²) >= 11 is 0. The summed E-state index contributed by atoms with van der Waals surface area (Å²) in [5.74, 6) is 2.18. The van der Waals surface area contributed by atoms with Crippen LogP contribution in [0.1, 0.15) is 46.8 Å². The van der Waals surface area contributed by atoms with Crippen molar-refractivity contribution < 1.29 is 9.53 Å². The predicted octanol–water partition coefficient (Wildman–Crippen LogP) is 6.26. The van der Waals surface area contributed by atoms with Crippen LogP contribution in [0, 0.1) is 27.7 Å². The first-order chi connectivity index (χ1) is 16.9. The minimum absolute atomic E-state index is 0.0654. The Morgan fingerprint density at radius 3 is 2.54 bits per heavy atom. The number of ether oxygens (including phenoxy) is 1. The zero-order chi connectivity index (χ0) is 24.5. The van der Waals surface area contributed by atoms with E-state index in [1.807, 2.05) is 23.1 Å². The van der Waals surface area contributed by atoms with Gasteiger partial charge in [-0.05, 0) is 86.7 Å². The first kappa shape index (κ1) is 23.2. The number of carbonyl (C=O) groups is 1. The highest BCUT2D eigenvalue weighted by Gasteiger charge is 2.35. The first-order valence-corrected chi connectivity index (χ1v) is 12.4. The van der Waals surface area contributed by atoms with Crippen LogP contribution in [0.5, 0.6) is 5.75 Å². The molecule has 1 aliphatic heterocycles. The molecule has 35 heavy (non-hydrogen) atoms. The van der Waals surface area contributed by atoms with Crippen LogP contribution in [-0.4, -0.2) is 28.6 Å². The summed E-state index contributed by atoms with van der Waals surface area (Å²) in [6, 6.07) is 20.8. The van der Waals surface area contributed by atoms with E-state index in [2.05, 4.69) is 74.7 Å². The lowest BCUT2D eigenvalue weighted by Gasteiger charge is -2.19. The minimum atomic E-state index is 0.0654. The number of aryl methyl sites for hydroxylation is 4. The number of hydrogen-bond acceptors (Lipinski definition) is 3. The summed E-state index contributed by atoms with van der Waals surface area (Å²) in [6.45, 7) is 10.5. The second-order valence-electron chi connectivity index (χ2n) is 9.76. The summed E-state index contributed by atoms with van der Waals surface area (Å²) in [7, 11) is 0. The molecule has 1 saturated heterocycles. The van der Waals surface area contributed by atoms with Crippen LogP contribution in [0.15, 0.2) is 60.7 Å². The molecule has 0 radical (unpaired) electrons. The zero-order valence-electron chi connectivity index (χ0n) is 21.0. The van der Waals surface area contributed by atoms with Gasteiger partial charge >= 0.3 is 0 Å². The van der Waals surface area contributed by atoms with Gasteiger partial charge in [0.2, 0.25) is 5.91 Å². The molecule has 0 spiro atoms. The number of hydrogen-bond donors (Lipinski definition) is 0. The predicted molar refractivity (Wildman–Crippen MR) is 141 cm³/mol. The van der Waals surface area contributed by atoms with Gasteiger partial charge in [0.25, 0.3) is 0 Å². The highest BCUT2D eigenvalue weighted by atomic mass is 16.5. The van der Waals surface area contributed by atoms with E-state index in [0.29, 0.717) is 19.6 Å². The van der Waals surface area contributed by atoms with Crippen LogP contribution in [0.2, 0.25) is 0 Å². The summed E-state index contributed by atoms with van der Waals surface area (Å²) in [6.07, 6.45) is 1.34. The average Bonchev–Trinajstić information content (AvgIpc) is 3.39. The van der Waals surface area contributed by atoms with Gasteiger partial charge in [0.15, 0.2) is 0 Å². The lowest BCUT2D eigenvalue weighted by molar-refractivity contribution is -0.117. The molecular formula is C30H33N3O2. The number of amides is 1. The van der Waals surface area contributed by atoms with Crippen LogP contribution >= 0.6 is 0 Å². The summed E-state index contributed by atoms with van der Waals surface area (Å²) in [4.78, 5) is 20.0. The number of aromatic nitrogens is 2. The molecule has 0 aliphatic carbocycles. The normalized spacial score (nSPS) is 15.8. The smallest absolute Gasteiger partial charge is 0.227 e. The molecule has 0 N–H and O–H groups in total. The summed E-state index contributed by atoms with van der Waals surface area (Å²) in [5, 5.41) is 0. The van der Waals surface area contributed by atoms with Gasteiger partial charge in [-0.15, -0.1) is 0 Å². The van der Waals surface area contributed by atoms with Crippen LogP contribution in [0.4, 0.5) is 5.69 Å². The molecule has 1 atom stereocenters. The lowest BCUT2D eigenvalue weighted by Crippen LogP contribution is -2.24. The van der Waals surface area contributed by atoms with Gasteiger partial charge in [-0.3, -0.25) is 4.79 Å². The second kappa shape index (κ2) is 9.57. The van der Waals surface area contributed by atoms with Gasteiger partial charge in [-0.2, -0.15) is 0 Å². The Hall–Kier alpha value is -3.60. The Labute approximate surface area is 207 Å². The number of imidazole rings is 1. The highest BCUT2D eigenvalue weighted by Crippen LogP contribution is 2.34. The minimum Gasteiger partial charge on any atom is -0.493 e. The molecular weight excluding hydrogens is 434 g/mol. The topological polar surface area (TPSA) is 47.4 Å². The van der Waals surface area contributed by atoms with Crippen molar-refractivity contribution in [2.75, 3.05) is 18.1 Å². The molecule has 0 saturated carbocycles. The Morgan fingerprint density at radius 1 is 0.971 bits per heavy atom. The van der Waals surface area contributed by atoms with E-state index in [9.17, 15) is 4.79 Å². The van der Waals surface area contributed by atoms with Crippen LogP contribution in [0.3, 0.4) is 0 Å². The maximum atomic E-state index is 13.1. The maximum Gasteiger partial charge on any atom is 0.227 e. The number of benzene rings is 3. The Balaban J connectivity index is 1.36. The molecule has 1 aromatic heterocycles. The molecule has 1 aliphatic rings. The van der Waals surface area contributed by atoms with E-state index in [1.54, 1.807) is 0 Å². The van der Waals surface area contributed by atoms with Crippen molar-refractivity contribution in [1.82, 2.24) is 9.55 Å². The molecule has 5 heteroatoms. The van der Waals surface area contributed by atoms with Crippen molar-refractivity contribution >= 4 is 22.6 Å². The summed E-state index contributed by atoms with van der Waals surface area (Å²) in [5.41, 5.74) is 7.86. The Bertz CT molecular complexity index is 1370. The Morgan fingerprint density at radius 2 is 1.74 bits per heavy atom. The zero-order valence-corrected chi connectivity index (χ0v) is 21.0. The van der Waals surface area contributed by atoms with Crippen LogP contribution in [0.25, 0.3) is 11.0 Å². The van der Waals surface area contributed by atoms with Crippen molar-refractivity contribution in [3.05, 3.63) is 88.7 Å². The van der Waals surface area contributed by atoms with E-state index in [1.165, 1.54) is 22.3 Å². The lowest BCUT2D eigenvalue weighted by atomic mass is 10.1. The number of para-hydroxylation sites is 2. The maximum absolute atomic E-state index is 13.1. The van der Waals surface area contributed by atoms with Crippen LogP contribution in [-0.2, 0) is 11.3 Å². The third-order valence-electron chi connectivity index (χ3n) is 7.03. The van der Waals surface area contributed by atoms with E-state index in [-0.39, 0.29) is 11.8 Å². The second-order valence-corrected chi connectivity index (χ2v) is 9.76. The van der Waals surface area contributed by atoms with E-state index >= 15 is 0 Å². The fourth-order valence-corrected chi connectivity index (χ4v) is 5.16. The average molecular weight is 468 g/mol. The third-order valence-corrected chi connectivity index (χ3v) is 7.03. The molecule has 180 valence electrons. The molecule has 3 aromatic carbocycles. The third kappa shape index (κ3) is 4.68. The van der Waals surface area contributed by atoms with Gasteiger partial charge in [0.05, 0.1) is 17.6 Å². The SMILES string of the molecule is Cc1cc(C)cc(N2CC(c3nc4ccccc4n3CCCOc3cccc(C)c3C)CC2=O)c1. The molecule has 5 rings (SSSR count). The van der Waals surface area contributed by atoms with Gasteiger partial charge in [-0.25, -0.2) is 4.98 Å². The molecule has 1 amide bonds. The van der Waals surface area contributed by atoms with Crippen molar-refractivity contribution in [2.45, 2.75) is 53.0 Å². The fraction of sp³-hybridized carbons (Fsp3) is 0.333. The number of anilines is 1. The Kier molecular flexibility index (Phi) is 6.33. The van der Waals surface area contributed by atoms with Gasteiger partial charge in [-0.1, -0.05) is 30.3 Å². The number of nitrogens with zero attached hydrogens (tertiary/aromatic N) is 3. The van der Waals surface area contributed by atoms with E-state index in [0.717, 1.165) is 41.3 Å². The van der Waals surface area contributed by atoms with E-state index in [4.69, 9.17) is 9.72 Å². The molecule has 5 nitrogen and oxygen atoms in total. The number of fused-ring (bicyclic) bond motifs is 1. The number of carbonyl (C=O) groups excluding carboxylic acids is 1. The number of rotatable bonds is 7. The molecule has 1 fully saturated rings. The molecule has 1 unspecified atom stereocenters. The van der Waals surface area contributed by atoms with Crippen molar-refractivity contribution in [3.63, 3.8) is 0 Å². The largest absolute Gasteiger partial charge is 0.493 e. The molecule has 4 aromatic rings. The van der Waals surface area contributed by atoms with Crippen molar-refractivity contribution in [1.29, 1.82) is 0 Å². The quantitative estimate of drug-likeness (QED) is 0.301. The van der Waals surface area contributed by atoms with Crippen LogP contribution < -0.4 is 9.64 Å². The summed E-state index contributed by atoms with van der Waals surface area (Å²) < 4.78 is 8.41. The van der Waals surface area contributed by atoms with Gasteiger partial charge in [0, 0.05) is 31.1 Å². The van der Waals surface area contributed by atoms with Gasteiger partial charge in [0.1, 0.15) is 11.6 Å². The standard InChI is InChI=1S/C30H33N3O2/c1-20-15-21(2)17-25(16-20)33-19-24(18-29(33)34)30-31-26-10-5-6-11-27(26)32(30)13-8-14-35-28-12-7-9-22(3)23(28)4/h5-7,9-12,15-17,24H,8,13-14,18-19H2,1-4H3. The highest BCUT2D eigenvalue weighted by molar-refractivity contribution is 5.96. The first-order valence-electron chi connectivity index (χ1n) is 12.4. The van der Waals surface area contributed by atoms with Crippen molar-refractivity contribution in [2.24, 2.45) is 0 Å². The van der Waals surface area contributed by atoms with E-state index < -0.39 is 0 Å². The fourth-order valence-electron chi connectivity index (χ4n) is 5.16. The van der Waals surface area contributed by atoms with Crippen molar-refractivity contribution in [3.8, 4) is 5.75 Å². The molecule has 0 bridgehead atoms. The monoisotopic (exact) mass is 467 g/mol. The van der Waals surface area contributed by atoms with Gasteiger partial charge < -0.3 is 14.2 Å².